The summed E-state index contributed by atoms with van der Waals surface area (Å²) in [5.41, 5.74) is 1.18. The van der Waals surface area contributed by atoms with Gasteiger partial charge in [0.05, 0.1) is 10.6 Å². The number of hydrogen-bond donors (Lipinski definition) is 2. The molecule has 2 aromatic carbocycles. The largest absolute Gasteiger partial charge is 0.506 e. The number of phenols is 1. The Balaban J connectivity index is 1.31. The van der Waals surface area contributed by atoms with E-state index in [1.54, 1.807) is 14.1 Å². The molecule has 4 rings (SSSR count). The number of benzene rings is 2. The van der Waals surface area contributed by atoms with Gasteiger partial charge in [0.15, 0.2) is 0 Å². The second kappa shape index (κ2) is 9.58. The van der Waals surface area contributed by atoms with Crippen LogP contribution < -0.4 is 9.47 Å². The summed E-state index contributed by atoms with van der Waals surface area (Å²) < 4.78 is 12.0. The molecule has 2 N–H and O–H groups in total. The highest BCUT2D eigenvalue weighted by molar-refractivity contribution is 6.32. The Bertz CT molecular complexity index is 1040. The molecule has 0 saturated carbocycles. The van der Waals surface area contributed by atoms with Gasteiger partial charge in [0.1, 0.15) is 35.6 Å². The molecule has 1 saturated heterocycles. The van der Waals surface area contributed by atoms with Crippen LogP contribution in [0.25, 0.3) is 0 Å². The molecule has 9 heteroatoms. The van der Waals surface area contributed by atoms with Gasteiger partial charge < -0.3 is 29.5 Å². The van der Waals surface area contributed by atoms with Crippen molar-refractivity contribution >= 4 is 29.1 Å². The zero-order valence-electron chi connectivity index (χ0n) is 18.7. The molecule has 0 bridgehead atoms. The summed E-state index contributed by atoms with van der Waals surface area (Å²) in [6.07, 6.45) is 1.81. The molecular formula is C24H28Cl2N2O5. The number of hydrogen-bond acceptors (Lipinski definition) is 6. The van der Waals surface area contributed by atoms with Gasteiger partial charge in [0.2, 0.25) is 0 Å². The highest BCUT2D eigenvalue weighted by Gasteiger charge is 2.42. The lowest BCUT2D eigenvalue weighted by molar-refractivity contribution is -0.00202. The Morgan fingerprint density at radius 2 is 1.97 bits per heavy atom. The topological polar surface area (TPSA) is 82.5 Å². The average molecular weight is 495 g/mol. The quantitative estimate of drug-likeness (QED) is 0.638. The monoisotopic (exact) mass is 494 g/mol. The van der Waals surface area contributed by atoms with Crippen LogP contribution in [0.4, 0.5) is 0 Å². The van der Waals surface area contributed by atoms with Crippen LogP contribution in [0.1, 0.15) is 28.8 Å². The Morgan fingerprint density at radius 1 is 1.24 bits per heavy atom. The SMILES string of the molecule is CN(C)C(=O)c1cc(Cl)c(O)cc1OC[C@H](O)CN1CCC2(CC1)Cc1cc(Cl)ccc1O2. The highest BCUT2D eigenvalue weighted by atomic mass is 35.5. The molecule has 2 heterocycles. The second-order valence-electron chi connectivity index (χ2n) is 8.98. The molecule has 7 nitrogen and oxygen atoms in total. The van der Waals surface area contributed by atoms with Crippen LogP contribution in [0, 0.1) is 0 Å². The zero-order chi connectivity index (χ0) is 23.8. The van der Waals surface area contributed by atoms with Crippen molar-refractivity contribution in [2.75, 3.05) is 40.3 Å². The number of amides is 1. The maximum absolute atomic E-state index is 12.4. The number of halogens is 2. The minimum atomic E-state index is -0.764. The number of likely N-dealkylation sites (tertiary alicyclic amines) is 1. The first-order valence-corrected chi connectivity index (χ1v) is 11.7. The van der Waals surface area contributed by atoms with Gasteiger partial charge in [-0.3, -0.25) is 4.79 Å². The highest BCUT2D eigenvalue weighted by Crippen LogP contribution is 2.42. The van der Waals surface area contributed by atoms with E-state index in [1.165, 1.54) is 17.0 Å². The number of aromatic hydroxyl groups is 1. The molecule has 1 spiro atoms. The Labute approximate surface area is 203 Å². The molecule has 178 valence electrons. The molecule has 1 amide bonds. The maximum atomic E-state index is 12.4. The van der Waals surface area contributed by atoms with Crippen LogP contribution in [-0.4, -0.2) is 78.0 Å². The van der Waals surface area contributed by atoms with Gasteiger partial charge in [0.25, 0.3) is 5.91 Å². The van der Waals surface area contributed by atoms with E-state index in [4.69, 9.17) is 32.7 Å². The summed E-state index contributed by atoms with van der Waals surface area (Å²) in [6, 6.07) is 8.44. The van der Waals surface area contributed by atoms with Gasteiger partial charge in [-0.25, -0.2) is 0 Å². The third-order valence-electron chi connectivity index (χ3n) is 6.21. The van der Waals surface area contributed by atoms with Crippen LogP contribution in [0.2, 0.25) is 10.0 Å². The summed E-state index contributed by atoms with van der Waals surface area (Å²) in [5.74, 6) is 0.608. The lowest BCUT2D eigenvalue weighted by Gasteiger charge is -2.39. The predicted octanol–water partition coefficient (Wildman–Crippen LogP) is 3.61. The summed E-state index contributed by atoms with van der Waals surface area (Å²) in [5, 5.41) is 21.3. The van der Waals surface area contributed by atoms with Crippen molar-refractivity contribution in [3.63, 3.8) is 0 Å². The molecule has 2 aliphatic rings. The molecule has 0 radical (unpaired) electrons. The minimum Gasteiger partial charge on any atom is -0.506 e. The van der Waals surface area contributed by atoms with E-state index in [1.807, 2.05) is 18.2 Å². The molecule has 33 heavy (non-hydrogen) atoms. The number of ether oxygens (including phenoxy) is 2. The van der Waals surface area contributed by atoms with E-state index in [0.29, 0.717) is 6.54 Å². The lowest BCUT2D eigenvalue weighted by Crippen LogP contribution is -2.49. The summed E-state index contributed by atoms with van der Waals surface area (Å²) in [6.45, 7) is 2.01. The van der Waals surface area contributed by atoms with Gasteiger partial charge in [-0.15, -0.1) is 0 Å². The molecule has 2 aliphatic heterocycles. The normalized spacial score (nSPS) is 18.0. The Kier molecular flexibility index (Phi) is 6.96. The van der Waals surface area contributed by atoms with Crippen molar-refractivity contribution in [1.29, 1.82) is 0 Å². The number of β-amino-alcohol motifs (C(OH)–C–C–N with tert-alkyl or cyclic N) is 1. The van der Waals surface area contributed by atoms with Crippen LogP contribution in [0.15, 0.2) is 30.3 Å². The minimum absolute atomic E-state index is 0.0170. The number of carbonyl (C=O) groups excluding carboxylic acids is 1. The van der Waals surface area contributed by atoms with Gasteiger partial charge >= 0.3 is 0 Å². The van der Waals surface area contributed by atoms with Crippen molar-refractivity contribution in [3.8, 4) is 17.2 Å². The molecule has 0 unspecified atom stereocenters. The number of carbonyl (C=O) groups is 1. The van der Waals surface area contributed by atoms with Crippen molar-refractivity contribution in [2.24, 2.45) is 0 Å². The first kappa shape index (κ1) is 24.0. The van der Waals surface area contributed by atoms with Crippen LogP contribution in [-0.2, 0) is 6.42 Å². The van der Waals surface area contributed by atoms with Crippen molar-refractivity contribution in [1.82, 2.24) is 9.80 Å². The number of fused-ring (bicyclic) bond motifs is 1. The van der Waals surface area contributed by atoms with Gasteiger partial charge in [-0.1, -0.05) is 23.2 Å². The summed E-state index contributed by atoms with van der Waals surface area (Å²) in [4.78, 5) is 16.0. The van der Waals surface area contributed by atoms with Crippen LogP contribution in [0.3, 0.4) is 0 Å². The van der Waals surface area contributed by atoms with Gasteiger partial charge in [-0.05, 0) is 29.8 Å². The molecule has 0 aromatic heterocycles. The van der Waals surface area contributed by atoms with Crippen LogP contribution >= 0.6 is 23.2 Å². The fourth-order valence-electron chi connectivity index (χ4n) is 4.43. The smallest absolute Gasteiger partial charge is 0.257 e. The van der Waals surface area contributed by atoms with E-state index < -0.39 is 6.10 Å². The second-order valence-corrected chi connectivity index (χ2v) is 9.82. The van der Waals surface area contributed by atoms with Gasteiger partial charge in [0, 0.05) is 64.1 Å². The Morgan fingerprint density at radius 3 is 2.67 bits per heavy atom. The van der Waals surface area contributed by atoms with Crippen molar-refractivity contribution < 1.29 is 24.5 Å². The summed E-state index contributed by atoms with van der Waals surface area (Å²) >= 11 is 12.1. The number of phenolic OH excluding ortho intramolecular Hbond substituents is 1. The first-order chi connectivity index (χ1) is 15.7. The number of aliphatic hydroxyl groups excluding tert-OH is 1. The van der Waals surface area contributed by atoms with E-state index >= 15 is 0 Å². The summed E-state index contributed by atoms with van der Waals surface area (Å²) in [7, 11) is 3.23. The van der Waals surface area contributed by atoms with Crippen molar-refractivity contribution in [2.45, 2.75) is 31.0 Å². The van der Waals surface area contributed by atoms with E-state index in [0.717, 1.165) is 48.7 Å². The van der Waals surface area contributed by atoms with E-state index in [9.17, 15) is 15.0 Å². The maximum Gasteiger partial charge on any atom is 0.257 e. The standard InChI is InChI=1S/C24H28Cl2N2O5/c1-27(2)23(31)18-10-19(26)20(30)11-22(18)32-14-17(29)13-28-7-5-24(6-8-28)12-15-9-16(25)3-4-21(15)33-24/h3-4,9-11,17,29-30H,5-8,12-14H2,1-2H3/t17-/m1/s1. The fraction of sp³-hybridized carbons (Fsp3) is 0.458. The molecular weight excluding hydrogens is 467 g/mol. The van der Waals surface area contributed by atoms with E-state index in [-0.39, 0.29) is 40.2 Å². The fourth-order valence-corrected chi connectivity index (χ4v) is 4.79. The number of rotatable bonds is 6. The number of nitrogens with zero attached hydrogens (tertiary/aromatic N) is 2. The first-order valence-electron chi connectivity index (χ1n) is 10.9. The van der Waals surface area contributed by atoms with Crippen LogP contribution in [0.5, 0.6) is 17.2 Å². The number of piperidine rings is 1. The lowest BCUT2D eigenvalue weighted by atomic mass is 9.87. The molecule has 2 aromatic rings. The predicted molar refractivity (Wildman–Crippen MR) is 127 cm³/mol. The number of aliphatic hydroxyl groups is 1. The molecule has 1 fully saturated rings. The zero-order valence-corrected chi connectivity index (χ0v) is 20.2. The Hall–Kier alpha value is -2.19. The molecule has 1 atom stereocenters. The average Bonchev–Trinajstić information content (AvgIpc) is 3.12. The molecule has 0 aliphatic carbocycles. The third-order valence-corrected chi connectivity index (χ3v) is 6.75. The van der Waals surface area contributed by atoms with Gasteiger partial charge in [-0.2, -0.15) is 0 Å². The van der Waals surface area contributed by atoms with E-state index in [2.05, 4.69) is 4.90 Å². The van der Waals surface area contributed by atoms with Crippen molar-refractivity contribution in [3.05, 3.63) is 51.5 Å². The third kappa shape index (κ3) is 5.32.